The Labute approximate surface area is 137 Å². The van der Waals surface area contributed by atoms with Crippen molar-refractivity contribution in [2.45, 2.75) is 43.9 Å². The molecule has 1 amide bonds. The van der Waals surface area contributed by atoms with Crippen LogP contribution in [0.4, 0.5) is 0 Å². The second-order valence-corrected chi connectivity index (χ2v) is 9.34. The van der Waals surface area contributed by atoms with Gasteiger partial charge in [-0.15, -0.1) is 0 Å². The lowest BCUT2D eigenvalue weighted by Crippen LogP contribution is -2.51. The van der Waals surface area contributed by atoms with Crippen LogP contribution < -0.4 is 5.32 Å². The molecule has 3 aliphatic rings. The molecule has 132 valence electrons. The Hall–Kier alpha value is -0.700. The first kappa shape index (κ1) is 17.1. The van der Waals surface area contributed by atoms with Crippen molar-refractivity contribution in [1.82, 2.24) is 15.1 Å². The Bertz CT molecular complexity index is 525. The fourth-order valence-electron chi connectivity index (χ4n) is 3.98. The highest BCUT2D eigenvalue weighted by atomic mass is 32.2. The molecule has 0 spiro atoms. The van der Waals surface area contributed by atoms with Crippen LogP contribution in [0.1, 0.15) is 25.7 Å². The van der Waals surface area contributed by atoms with Crippen LogP contribution in [-0.4, -0.2) is 91.6 Å². The summed E-state index contributed by atoms with van der Waals surface area (Å²) < 4.78 is 22.8. The summed E-state index contributed by atoms with van der Waals surface area (Å²) in [5.41, 5.74) is 0. The highest BCUT2D eigenvalue weighted by Crippen LogP contribution is 2.27. The average molecular weight is 345 g/mol. The third kappa shape index (κ3) is 4.43. The van der Waals surface area contributed by atoms with Crippen LogP contribution in [0.2, 0.25) is 0 Å². The second kappa shape index (κ2) is 7.04. The van der Waals surface area contributed by atoms with Crippen molar-refractivity contribution in [1.29, 1.82) is 0 Å². The fraction of sp³-hybridized carbons (Fsp3) is 0.933. The molecule has 8 heteroatoms. The van der Waals surface area contributed by atoms with Gasteiger partial charge in [-0.2, -0.15) is 0 Å². The first-order valence-electron chi connectivity index (χ1n) is 8.57. The summed E-state index contributed by atoms with van der Waals surface area (Å²) in [4.78, 5) is 16.5. The molecular formula is C15H27N3O4S. The van der Waals surface area contributed by atoms with Gasteiger partial charge in [-0.25, -0.2) is 8.42 Å². The number of nitrogens with zero attached hydrogens (tertiary/aromatic N) is 2. The van der Waals surface area contributed by atoms with E-state index in [4.69, 9.17) is 0 Å². The molecule has 0 radical (unpaired) electrons. The lowest BCUT2D eigenvalue weighted by atomic mass is 10.1. The van der Waals surface area contributed by atoms with Gasteiger partial charge in [0.1, 0.15) is 0 Å². The number of amides is 1. The maximum atomic E-state index is 12.3. The van der Waals surface area contributed by atoms with Crippen LogP contribution in [-0.2, 0) is 14.6 Å². The number of carbonyl (C=O) groups excluding carboxylic acids is 1. The van der Waals surface area contributed by atoms with E-state index in [1.54, 1.807) is 0 Å². The summed E-state index contributed by atoms with van der Waals surface area (Å²) in [6.07, 6.45) is 3.74. The summed E-state index contributed by atoms with van der Waals surface area (Å²) >= 11 is 0. The minimum Gasteiger partial charge on any atom is -0.392 e. The van der Waals surface area contributed by atoms with Crippen molar-refractivity contribution in [2.75, 3.05) is 44.2 Å². The van der Waals surface area contributed by atoms with Crippen molar-refractivity contribution in [3.05, 3.63) is 0 Å². The Morgan fingerprint density at radius 3 is 2.52 bits per heavy atom. The van der Waals surface area contributed by atoms with Gasteiger partial charge in [0.25, 0.3) is 0 Å². The monoisotopic (exact) mass is 345 g/mol. The maximum Gasteiger partial charge on any atom is 0.234 e. The topological polar surface area (TPSA) is 90.0 Å². The molecule has 7 nitrogen and oxygen atoms in total. The zero-order valence-electron chi connectivity index (χ0n) is 13.5. The van der Waals surface area contributed by atoms with Crippen molar-refractivity contribution in [3.8, 4) is 0 Å². The largest absolute Gasteiger partial charge is 0.392 e. The second-order valence-electron chi connectivity index (χ2n) is 7.04. The van der Waals surface area contributed by atoms with Crippen LogP contribution in [0.25, 0.3) is 0 Å². The van der Waals surface area contributed by atoms with E-state index in [2.05, 4.69) is 10.2 Å². The summed E-state index contributed by atoms with van der Waals surface area (Å²) in [5, 5.41) is 12.8. The van der Waals surface area contributed by atoms with Crippen LogP contribution in [0.15, 0.2) is 0 Å². The molecule has 1 aliphatic carbocycles. The third-order valence-corrected chi connectivity index (χ3v) is 6.90. The molecule has 3 fully saturated rings. The zero-order chi connectivity index (χ0) is 16.4. The number of hydrogen-bond acceptors (Lipinski definition) is 6. The van der Waals surface area contributed by atoms with Gasteiger partial charge in [0, 0.05) is 38.3 Å². The Morgan fingerprint density at radius 2 is 1.87 bits per heavy atom. The first-order valence-corrected chi connectivity index (χ1v) is 10.4. The number of aliphatic hydroxyl groups is 1. The summed E-state index contributed by atoms with van der Waals surface area (Å²) in [6, 6.07) is 0.485. The van der Waals surface area contributed by atoms with Crippen LogP contribution in [0, 0.1) is 0 Å². The highest BCUT2D eigenvalue weighted by Gasteiger charge is 2.36. The fourth-order valence-corrected chi connectivity index (χ4v) is 5.26. The van der Waals surface area contributed by atoms with Crippen molar-refractivity contribution in [3.63, 3.8) is 0 Å². The minimum absolute atomic E-state index is 0.0130. The van der Waals surface area contributed by atoms with E-state index in [0.29, 0.717) is 25.7 Å². The molecule has 2 heterocycles. The van der Waals surface area contributed by atoms with E-state index < -0.39 is 9.84 Å². The molecule has 1 saturated carbocycles. The SMILES string of the molecule is O=C(CN1CCS(=O)(=O)CC1)N[C@@H]1CCC[C@@H]1N1CCC(O)C1. The Morgan fingerprint density at radius 1 is 1.13 bits per heavy atom. The van der Waals surface area contributed by atoms with E-state index >= 15 is 0 Å². The van der Waals surface area contributed by atoms with E-state index in [9.17, 15) is 18.3 Å². The number of carbonyl (C=O) groups is 1. The normalized spacial score (nSPS) is 35.4. The predicted octanol–water partition coefficient (Wildman–Crippen LogP) is -1.18. The molecule has 23 heavy (non-hydrogen) atoms. The van der Waals surface area contributed by atoms with Crippen LogP contribution in [0.5, 0.6) is 0 Å². The lowest BCUT2D eigenvalue weighted by molar-refractivity contribution is -0.123. The third-order valence-electron chi connectivity index (χ3n) is 5.29. The van der Waals surface area contributed by atoms with Crippen LogP contribution >= 0.6 is 0 Å². The standard InChI is InChI=1S/C15H27N3O4S/c19-12-4-5-18(10-12)14-3-1-2-13(14)16-15(20)11-17-6-8-23(21,22)9-7-17/h12-14,19H,1-11H2,(H,16,20)/t12?,13-,14+/m1/s1. The van der Waals surface area contributed by atoms with Gasteiger partial charge < -0.3 is 10.4 Å². The van der Waals surface area contributed by atoms with E-state index in [1.807, 2.05) is 4.90 Å². The van der Waals surface area contributed by atoms with E-state index in [0.717, 1.165) is 32.2 Å². The van der Waals surface area contributed by atoms with Gasteiger partial charge in [0.2, 0.25) is 5.91 Å². The summed E-state index contributed by atoms with van der Waals surface area (Å²) in [5.74, 6) is 0.289. The zero-order valence-corrected chi connectivity index (χ0v) is 14.3. The maximum absolute atomic E-state index is 12.3. The number of hydrogen-bond donors (Lipinski definition) is 2. The smallest absolute Gasteiger partial charge is 0.234 e. The van der Waals surface area contributed by atoms with Crippen molar-refractivity contribution in [2.24, 2.45) is 0 Å². The molecule has 0 aromatic carbocycles. The number of nitrogens with one attached hydrogen (secondary N) is 1. The van der Waals surface area contributed by atoms with Gasteiger partial charge in [-0.1, -0.05) is 0 Å². The minimum atomic E-state index is -2.90. The van der Waals surface area contributed by atoms with E-state index in [-0.39, 0.29) is 36.1 Å². The van der Waals surface area contributed by atoms with Gasteiger partial charge in [0.05, 0.1) is 24.2 Å². The molecule has 0 aromatic heterocycles. The molecule has 1 unspecified atom stereocenters. The highest BCUT2D eigenvalue weighted by molar-refractivity contribution is 7.91. The molecule has 2 aliphatic heterocycles. The van der Waals surface area contributed by atoms with Gasteiger partial charge in [-0.05, 0) is 25.7 Å². The molecule has 3 rings (SSSR count). The van der Waals surface area contributed by atoms with Gasteiger partial charge in [-0.3, -0.25) is 14.6 Å². The quantitative estimate of drug-likeness (QED) is 0.667. The Balaban J connectivity index is 1.47. The van der Waals surface area contributed by atoms with Crippen molar-refractivity contribution >= 4 is 15.7 Å². The average Bonchev–Trinajstić information content (AvgIpc) is 3.10. The van der Waals surface area contributed by atoms with Gasteiger partial charge >= 0.3 is 0 Å². The molecule has 2 N–H and O–H groups in total. The molecule has 2 saturated heterocycles. The van der Waals surface area contributed by atoms with Crippen LogP contribution in [0.3, 0.4) is 0 Å². The number of sulfone groups is 1. The molecule has 3 atom stereocenters. The molecular weight excluding hydrogens is 318 g/mol. The Kier molecular flexibility index (Phi) is 5.25. The first-order chi connectivity index (χ1) is 10.9. The molecule has 0 bridgehead atoms. The summed E-state index contributed by atoms with van der Waals surface area (Å²) in [6.45, 7) is 2.79. The number of rotatable bonds is 4. The van der Waals surface area contributed by atoms with E-state index in [1.165, 1.54) is 0 Å². The predicted molar refractivity (Wildman–Crippen MR) is 86.9 cm³/mol. The van der Waals surface area contributed by atoms with Crippen molar-refractivity contribution < 1.29 is 18.3 Å². The summed E-state index contributed by atoms with van der Waals surface area (Å²) in [7, 11) is -2.90. The molecule has 0 aromatic rings. The lowest BCUT2D eigenvalue weighted by Gasteiger charge is -2.31. The van der Waals surface area contributed by atoms with Gasteiger partial charge in [0.15, 0.2) is 9.84 Å². The number of likely N-dealkylation sites (tertiary alicyclic amines) is 1. The number of aliphatic hydroxyl groups excluding tert-OH is 1. The number of β-amino-alcohol motifs (C(OH)–C–C–N with tert-alkyl or cyclic N) is 1.